The second-order valence-corrected chi connectivity index (χ2v) is 2.30. The highest BCUT2D eigenvalue weighted by molar-refractivity contribution is 5.66. The third-order valence-corrected chi connectivity index (χ3v) is 1.52. The number of hydrogen-bond acceptors (Lipinski definition) is 5. The molecular formula is C7H8N4O. The SMILES string of the molecule is Nc1cnccc1N1C=CON1. The lowest BCUT2D eigenvalue weighted by atomic mass is 10.3. The molecular weight excluding hydrogens is 156 g/mol. The van der Waals surface area contributed by atoms with Crippen LogP contribution in [0.5, 0.6) is 0 Å². The molecule has 5 nitrogen and oxygen atoms in total. The maximum absolute atomic E-state index is 5.67. The molecule has 0 aliphatic carbocycles. The molecule has 3 N–H and O–H groups in total. The van der Waals surface area contributed by atoms with E-state index in [1.165, 1.54) is 6.26 Å². The van der Waals surface area contributed by atoms with Gasteiger partial charge in [0.25, 0.3) is 0 Å². The summed E-state index contributed by atoms with van der Waals surface area (Å²) in [6.45, 7) is 0. The first-order valence-corrected chi connectivity index (χ1v) is 3.44. The van der Waals surface area contributed by atoms with E-state index >= 15 is 0 Å². The van der Waals surface area contributed by atoms with Crippen molar-refractivity contribution in [1.29, 1.82) is 0 Å². The Kier molecular flexibility index (Phi) is 1.56. The van der Waals surface area contributed by atoms with Crippen LogP contribution in [-0.2, 0) is 4.84 Å². The van der Waals surface area contributed by atoms with Gasteiger partial charge in [-0.05, 0) is 6.07 Å². The van der Waals surface area contributed by atoms with Crippen molar-refractivity contribution in [2.45, 2.75) is 0 Å². The third kappa shape index (κ3) is 1.06. The molecule has 0 spiro atoms. The van der Waals surface area contributed by atoms with Gasteiger partial charge in [-0.15, -0.1) is 0 Å². The summed E-state index contributed by atoms with van der Waals surface area (Å²) in [6, 6.07) is 1.79. The van der Waals surface area contributed by atoms with Crippen molar-refractivity contribution in [3.8, 4) is 0 Å². The molecule has 0 saturated carbocycles. The van der Waals surface area contributed by atoms with E-state index in [-0.39, 0.29) is 0 Å². The molecule has 0 bridgehead atoms. The number of rotatable bonds is 1. The Bertz CT molecular complexity index is 312. The van der Waals surface area contributed by atoms with Crippen LogP contribution in [0.3, 0.4) is 0 Å². The summed E-state index contributed by atoms with van der Waals surface area (Å²) in [4.78, 5) is 8.66. The summed E-state index contributed by atoms with van der Waals surface area (Å²) in [7, 11) is 0. The van der Waals surface area contributed by atoms with Crippen LogP contribution in [-0.4, -0.2) is 4.98 Å². The minimum atomic E-state index is 0.597. The number of nitrogens with two attached hydrogens (primary N) is 1. The van der Waals surface area contributed by atoms with Gasteiger partial charge < -0.3 is 10.6 Å². The van der Waals surface area contributed by atoms with Crippen molar-refractivity contribution >= 4 is 11.4 Å². The predicted octanol–water partition coefficient (Wildman–Crippen LogP) is 0.391. The maximum atomic E-state index is 5.67. The Morgan fingerprint density at radius 3 is 3.17 bits per heavy atom. The minimum Gasteiger partial charge on any atom is -0.396 e. The molecule has 1 aromatic heterocycles. The second kappa shape index (κ2) is 2.71. The number of aromatic nitrogens is 1. The summed E-state index contributed by atoms with van der Waals surface area (Å²) in [6.07, 6.45) is 6.51. The van der Waals surface area contributed by atoms with Crippen LogP contribution in [0, 0.1) is 0 Å². The number of hydrazine groups is 1. The van der Waals surface area contributed by atoms with Crippen LogP contribution in [0.15, 0.2) is 30.9 Å². The molecule has 1 aliphatic rings. The van der Waals surface area contributed by atoms with Gasteiger partial charge in [0.05, 0.1) is 23.8 Å². The maximum Gasteiger partial charge on any atom is 0.131 e. The van der Waals surface area contributed by atoms with Crippen molar-refractivity contribution < 1.29 is 4.84 Å². The molecule has 2 heterocycles. The summed E-state index contributed by atoms with van der Waals surface area (Å²) in [5.41, 5.74) is 9.71. The molecule has 0 atom stereocenters. The fraction of sp³-hybridized carbons (Fsp3) is 0. The molecule has 0 amide bonds. The van der Waals surface area contributed by atoms with Crippen molar-refractivity contribution in [2.24, 2.45) is 0 Å². The largest absolute Gasteiger partial charge is 0.396 e. The van der Waals surface area contributed by atoms with E-state index in [9.17, 15) is 0 Å². The van der Waals surface area contributed by atoms with Crippen LogP contribution in [0.25, 0.3) is 0 Å². The molecule has 2 rings (SSSR count). The number of hydrogen-bond donors (Lipinski definition) is 2. The highest BCUT2D eigenvalue weighted by Gasteiger charge is 2.09. The second-order valence-electron chi connectivity index (χ2n) is 2.30. The number of pyridine rings is 1. The normalized spacial score (nSPS) is 14.8. The lowest BCUT2D eigenvalue weighted by molar-refractivity contribution is 0.159. The summed E-state index contributed by atoms with van der Waals surface area (Å²) in [5, 5.41) is 1.66. The molecule has 0 saturated heterocycles. The van der Waals surface area contributed by atoms with Gasteiger partial charge in [0, 0.05) is 6.20 Å². The van der Waals surface area contributed by atoms with Gasteiger partial charge in [0.1, 0.15) is 6.26 Å². The first-order chi connectivity index (χ1) is 5.88. The van der Waals surface area contributed by atoms with Gasteiger partial charge in [-0.3, -0.25) is 4.98 Å². The number of nitrogens with zero attached hydrogens (tertiary/aromatic N) is 2. The van der Waals surface area contributed by atoms with Gasteiger partial charge in [-0.25, -0.2) is 5.01 Å². The van der Waals surface area contributed by atoms with E-state index in [0.717, 1.165) is 5.69 Å². The van der Waals surface area contributed by atoms with Crippen LogP contribution in [0.2, 0.25) is 0 Å². The molecule has 0 radical (unpaired) electrons. The first kappa shape index (κ1) is 6.93. The Balaban J connectivity index is 2.33. The lowest BCUT2D eigenvalue weighted by Crippen LogP contribution is -2.27. The molecule has 12 heavy (non-hydrogen) atoms. The average molecular weight is 164 g/mol. The van der Waals surface area contributed by atoms with E-state index in [2.05, 4.69) is 10.6 Å². The van der Waals surface area contributed by atoms with Gasteiger partial charge in [0.2, 0.25) is 0 Å². The van der Waals surface area contributed by atoms with E-state index in [1.54, 1.807) is 29.7 Å². The van der Waals surface area contributed by atoms with Crippen molar-refractivity contribution in [3.05, 3.63) is 30.9 Å². The van der Waals surface area contributed by atoms with Gasteiger partial charge in [-0.1, -0.05) is 5.59 Å². The fourth-order valence-electron chi connectivity index (χ4n) is 0.957. The number of nitrogens with one attached hydrogen (secondary N) is 1. The summed E-state index contributed by atoms with van der Waals surface area (Å²) >= 11 is 0. The number of nitrogen functional groups attached to an aromatic ring is 1. The predicted molar refractivity (Wildman–Crippen MR) is 44.5 cm³/mol. The highest BCUT2D eigenvalue weighted by Crippen LogP contribution is 2.21. The fourth-order valence-corrected chi connectivity index (χ4v) is 0.957. The Morgan fingerprint density at radius 1 is 1.58 bits per heavy atom. The number of anilines is 2. The van der Waals surface area contributed by atoms with Gasteiger partial charge in [0.15, 0.2) is 0 Å². The zero-order chi connectivity index (χ0) is 8.39. The molecule has 1 aliphatic heterocycles. The van der Waals surface area contributed by atoms with E-state index in [4.69, 9.17) is 10.6 Å². The summed E-state index contributed by atoms with van der Waals surface area (Å²) in [5.74, 6) is 0. The Hall–Kier alpha value is -1.75. The lowest BCUT2D eigenvalue weighted by Gasteiger charge is -2.14. The first-order valence-electron chi connectivity index (χ1n) is 3.44. The molecule has 5 heteroatoms. The average Bonchev–Trinajstić information content (AvgIpc) is 2.57. The van der Waals surface area contributed by atoms with Gasteiger partial charge >= 0.3 is 0 Å². The van der Waals surface area contributed by atoms with E-state index in [1.807, 2.05) is 0 Å². The smallest absolute Gasteiger partial charge is 0.131 e. The monoisotopic (exact) mass is 164 g/mol. The molecule has 1 aromatic rings. The Morgan fingerprint density at radius 2 is 2.50 bits per heavy atom. The van der Waals surface area contributed by atoms with Crippen LogP contribution < -0.4 is 16.3 Å². The molecule has 0 unspecified atom stereocenters. The van der Waals surface area contributed by atoms with Crippen LogP contribution in [0.1, 0.15) is 0 Å². The summed E-state index contributed by atoms with van der Waals surface area (Å²) < 4.78 is 0. The van der Waals surface area contributed by atoms with Crippen LogP contribution >= 0.6 is 0 Å². The highest BCUT2D eigenvalue weighted by atomic mass is 16.7. The Labute approximate surface area is 69.4 Å². The van der Waals surface area contributed by atoms with E-state index < -0.39 is 0 Å². The molecule has 0 fully saturated rings. The van der Waals surface area contributed by atoms with Crippen molar-refractivity contribution in [1.82, 2.24) is 10.6 Å². The van der Waals surface area contributed by atoms with Crippen LogP contribution in [0.4, 0.5) is 11.4 Å². The van der Waals surface area contributed by atoms with E-state index in [0.29, 0.717) is 5.69 Å². The van der Waals surface area contributed by atoms with Crippen molar-refractivity contribution in [3.63, 3.8) is 0 Å². The van der Waals surface area contributed by atoms with Gasteiger partial charge in [-0.2, -0.15) is 0 Å². The third-order valence-electron chi connectivity index (χ3n) is 1.52. The zero-order valence-corrected chi connectivity index (χ0v) is 6.27. The standard InChI is InChI=1S/C7H8N4O/c8-6-5-9-2-1-7(6)11-3-4-12-10-11/h1-5,10H,8H2. The minimum absolute atomic E-state index is 0.597. The van der Waals surface area contributed by atoms with Crippen molar-refractivity contribution in [2.75, 3.05) is 10.7 Å². The molecule has 0 aromatic carbocycles. The quantitative estimate of drug-likeness (QED) is 0.628. The zero-order valence-electron chi connectivity index (χ0n) is 6.27. The molecule has 62 valence electrons. The topological polar surface area (TPSA) is 63.4 Å².